The number of carboxylic acids is 1. The number of rotatable bonds is 6. The molecule has 2 aromatic heterocycles. The van der Waals surface area contributed by atoms with Crippen LogP contribution in [-0.2, 0) is 4.74 Å². The Morgan fingerprint density at radius 1 is 1.18 bits per heavy atom. The van der Waals surface area contributed by atoms with Crippen LogP contribution in [0.3, 0.4) is 0 Å². The summed E-state index contributed by atoms with van der Waals surface area (Å²) < 4.78 is 7.96. The van der Waals surface area contributed by atoms with E-state index in [2.05, 4.69) is 37.7 Å². The predicted molar refractivity (Wildman–Crippen MR) is 128 cm³/mol. The maximum absolute atomic E-state index is 12.0. The van der Waals surface area contributed by atoms with Gasteiger partial charge in [-0.15, -0.1) is 0 Å². The lowest BCUT2D eigenvalue weighted by atomic mass is 9.81. The number of para-hydroxylation sites is 1. The third-order valence-electron chi connectivity index (χ3n) is 6.87. The summed E-state index contributed by atoms with van der Waals surface area (Å²) in [5.74, 6) is -0.638. The second-order valence-electron chi connectivity index (χ2n) is 10.4. The highest BCUT2D eigenvalue weighted by Gasteiger charge is 2.37. The number of carbonyl (C=O) groups is 1. The molecule has 1 N–H and O–H groups in total. The van der Waals surface area contributed by atoms with Crippen LogP contribution in [0.4, 0.5) is 5.69 Å². The topological polar surface area (TPSA) is 80.5 Å². The van der Waals surface area contributed by atoms with Gasteiger partial charge in [-0.2, -0.15) is 5.10 Å². The van der Waals surface area contributed by atoms with Gasteiger partial charge in [-0.05, 0) is 64.7 Å². The molecule has 5 rings (SSSR count). The zero-order valence-electron chi connectivity index (χ0n) is 19.8. The van der Waals surface area contributed by atoms with Crippen molar-refractivity contribution in [2.45, 2.75) is 76.5 Å². The summed E-state index contributed by atoms with van der Waals surface area (Å²) in [5, 5.41) is 15.8. The van der Waals surface area contributed by atoms with E-state index in [0.717, 1.165) is 48.1 Å². The van der Waals surface area contributed by atoms with Crippen LogP contribution >= 0.6 is 0 Å². The second-order valence-corrected chi connectivity index (χ2v) is 10.4. The number of anilines is 1. The summed E-state index contributed by atoms with van der Waals surface area (Å²) in [6.07, 6.45) is 5.49. The average molecular weight is 449 g/mol. The minimum Gasteiger partial charge on any atom is -0.477 e. The number of fused-ring (bicyclic) bond motifs is 1. The van der Waals surface area contributed by atoms with Gasteiger partial charge < -0.3 is 14.7 Å². The monoisotopic (exact) mass is 448 g/mol. The summed E-state index contributed by atoms with van der Waals surface area (Å²) >= 11 is 0. The number of aromatic carboxylic acids is 1. The number of ether oxygens (including phenoxy) is 1. The first kappa shape index (κ1) is 21.9. The summed E-state index contributed by atoms with van der Waals surface area (Å²) in [5.41, 5.74) is 3.33. The molecule has 2 aliphatic rings. The van der Waals surface area contributed by atoms with Crippen molar-refractivity contribution in [2.24, 2.45) is 0 Å². The Morgan fingerprint density at radius 3 is 2.45 bits per heavy atom. The first-order valence-corrected chi connectivity index (χ1v) is 11.8. The molecule has 0 radical (unpaired) electrons. The zero-order valence-corrected chi connectivity index (χ0v) is 19.8. The second kappa shape index (κ2) is 8.13. The standard InChI is InChI=1S/C26H32N4O3/c1-26(2,3)33-19-13-18(14-19)29(4)21-15-20(25(31)32)27-24-22(21)23(16-9-8-10-16)28-30(24)17-11-6-5-7-12-17/h5-7,11-12,15-16,18-19H,8-10,13-14H2,1-4H3,(H,31,32)/t18-,19+. The van der Waals surface area contributed by atoms with Crippen LogP contribution in [0, 0.1) is 0 Å². The molecule has 33 heavy (non-hydrogen) atoms. The van der Waals surface area contributed by atoms with Gasteiger partial charge in [0.2, 0.25) is 0 Å². The molecule has 0 aliphatic heterocycles. The summed E-state index contributed by atoms with van der Waals surface area (Å²) in [7, 11) is 2.06. The molecule has 7 nitrogen and oxygen atoms in total. The van der Waals surface area contributed by atoms with Gasteiger partial charge in [-0.3, -0.25) is 0 Å². The van der Waals surface area contributed by atoms with E-state index in [-0.39, 0.29) is 17.4 Å². The lowest BCUT2D eigenvalue weighted by Crippen LogP contribution is -2.48. The minimum atomic E-state index is -1.03. The highest BCUT2D eigenvalue weighted by molar-refractivity contribution is 5.98. The van der Waals surface area contributed by atoms with E-state index in [1.165, 1.54) is 6.42 Å². The molecule has 0 bridgehead atoms. The Balaban J connectivity index is 1.60. The van der Waals surface area contributed by atoms with Crippen molar-refractivity contribution in [1.82, 2.24) is 14.8 Å². The van der Waals surface area contributed by atoms with Gasteiger partial charge in [0.1, 0.15) is 0 Å². The summed E-state index contributed by atoms with van der Waals surface area (Å²) in [6, 6.07) is 11.9. The van der Waals surface area contributed by atoms with E-state index in [4.69, 9.17) is 9.84 Å². The van der Waals surface area contributed by atoms with Gasteiger partial charge >= 0.3 is 5.97 Å². The molecular weight excluding hydrogens is 416 g/mol. The van der Waals surface area contributed by atoms with Crippen molar-refractivity contribution in [3.05, 3.63) is 47.8 Å². The Bertz CT molecular complexity index is 1170. The Morgan fingerprint density at radius 2 is 1.88 bits per heavy atom. The molecule has 0 spiro atoms. The van der Waals surface area contributed by atoms with Crippen LogP contribution in [0.5, 0.6) is 0 Å². The molecule has 0 amide bonds. The average Bonchev–Trinajstić information content (AvgIpc) is 3.07. The fourth-order valence-electron chi connectivity index (χ4n) is 4.87. The van der Waals surface area contributed by atoms with E-state index in [1.54, 1.807) is 6.07 Å². The third kappa shape index (κ3) is 4.10. The largest absolute Gasteiger partial charge is 0.477 e. The van der Waals surface area contributed by atoms with Crippen LogP contribution in [0.2, 0.25) is 0 Å². The number of aromatic nitrogens is 3. The van der Waals surface area contributed by atoms with E-state index >= 15 is 0 Å². The van der Waals surface area contributed by atoms with Crippen molar-refractivity contribution < 1.29 is 14.6 Å². The fraction of sp³-hybridized carbons (Fsp3) is 0.500. The molecule has 0 atom stereocenters. The number of pyridine rings is 1. The Labute approximate surface area is 194 Å². The summed E-state index contributed by atoms with van der Waals surface area (Å²) in [6.45, 7) is 6.25. The first-order chi connectivity index (χ1) is 15.7. The highest BCUT2D eigenvalue weighted by atomic mass is 16.5. The third-order valence-corrected chi connectivity index (χ3v) is 6.87. The maximum Gasteiger partial charge on any atom is 0.354 e. The molecule has 0 unspecified atom stereocenters. The van der Waals surface area contributed by atoms with Crippen LogP contribution in [0.1, 0.15) is 75.0 Å². The van der Waals surface area contributed by atoms with Gasteiger partial charge in [0.05, 0.1) is 34.2 Å². The lowest BCUT2D eigenvalue weighted by Gasteiger charge is -2.44. The molecular formula is C26H32N4O3. The number of hydrogen-bond donors (Lipinski definition) is 1. The van der Waals surface area contributed by atoms with Gasteiger partial charge in [0.25, 0.3) is 0 Å². The number of carboxylic acid groups (broad SMARTS) is 1. The molecule has 7 heteroatoms. The maximum atomic E-state index is 12.0. The van der Waals surface area contributed by atoms with Gasteiger partial charge in [0, 0.05) is 19.0 Å². The molecule has 2 heterocycles. The molecule has 3 aromatic rings. The van der Waals surface area contributed by atoms with Crippen LogP contribution in [-0.4, -0.2) is 50.6 Å². The SMILES string of the molecule is CN(c1cc(C(=O)O)nc2c1c(C1CCC1)nn2-c1ccccc1)[C@H]1C[C@@H](OC(C)(C)C)C1. The van der Waals surface area contributed by atoms with Crippen molar-refractivity contribution >= 4 is 22.7 Å². The Hall–Kier alpha value is -2.93. The highest BCUT2D eigenvalue weighted by Crippen LogP contribution is 2.44. The fourth-order valence-corrected chi connectivity index (χ4v) is 4.87. The van der Waals surface area contributed by atoms with Gasteiger partial charge in [-0.1, -0.05) is 24.6 Å². The normalized spacial score (nSPS) is 21.0. The van der Waals surface area contributed by atoms with Crippen LogP contribution in [0.15, 0.2) is 36.4 Å². The van der Waals surface area contributed by atoms with E-state index in [1.807, 2.05) is 35.0 Å². The zero-order chi connectivity index (χ0) is 23.3. The molecule has 2 saturated carbocycles. The first-order valence-electron chi connectivity index (χ1n) is 11.8. The number of nitrogens with zero attached hydrogens (tertiary/aromatic N) is 4. The minimum absolute atomic E-state index is 0.0448. The smallest absolute Gasteiger partial charge is 0.354 e. The van der Waals surface area contributed by atoms with E-state index < -0.39 is 5.97 Å². The molecule has 0 saturated heterocycles. The van der Waals surface area contributed by atoms with Crippen LogP contribution < -0.4 is 4.90 Å². The predicted octanol–water partition coefficient (Wildman–Crippen LogP) is 5.17. The van der Waals surface area contributed by atoms with Crippen LogP contribution in [0.25, 0.3) is 16.7 Å². The van der Waals surface area contributed by atoms with E-state index in [9.17, 15) is 9.90 Å². The van der Waals surface area contributed by atoms with Crippen molar-refractivity contribution in [1.29, 1.82) is 0 Å². The van der Waals surface area contributed by atoms with Crippen molar-refractivity contribution in [2.75, 3.05) is 11.9 Å². The molecule has 2 aliphatic carbocycles. The molecule has 174 valence electrons. The quantitative estimate of drug-likeness (QED) is 0.560. The lowest BCUT2D eigenvalue weighted by molar-refractivity contribution is -0.0981. The number of benzene rings is 1. The molecule has 2 fully saturated rings. The van der Waals surface area contributed by atoms with Gasteiger partial charge in [-0.25, -0.2) is 14.5 Å². The Kier molecular flexibility index (Phi) is 5.40. The van der Waals surface area contributed by atoms with E-state index in [0.29, 0.717) is 17.6 Å². The number of hydrogen-bond acceptors (Lipinski definition) is 5. The van der Waals surface area contributed by atoms with Crippen molar-refractivity contribution in [3.63, 3.8) is 0 Å². The van der Waals surface area contributed by atoms with Gasteiger partial charge in [0.15, 0.2) is 11.3 Å². The summed E-state index contributed by atoms with van der Waals surface area (Å²) in [4.78, 5) is 18.8. The van der Waals surface area contributed by atoms with Crippen molar-refractivity contribution in [3.8, 4) is 5.69 Å². The molecule has 1 aromatic carbocycles.